The minimum absolute atomic E-state index is 0.894. The first-order chi connectivity index (χ1) is 4.25. The molecule has 0 nitrogen and oxygen atoms in total. The maximum absolute atomic E-state index is 2.39. The average molecular weight is 124 g/mol. The third-order valence-corrected chi connectivity index (χ3v) is 2.52. The van der Waals surface area contributed by atoms with E-state index < -0.39 is 0 Å². The van der Waals surface area contributed by atoms with Gasteiger partial charge in [0.15, 0.2) is 0 Å². The third kappa shape index (κ3) is 1.17. The molecule has 0 N–H and O–H groups in total. The Morgan fingerprint density at radius 1 is 1.67 bits per heavy atom. The Morgan fingerprint density at radius 2 is 2.33 bits per heavy atom. The van der Waals surface area contributed by atoms with Crippen molar-refractivity contribution in [1.82, 2.24) is 0 Å². The fourth-order valence-electron chi connectivity index (χ4n) is 1.86. The molecule has 0 fully saturated rings. The lowest BCUT2D eigenvalue weighted by molar-refractivity contribution is 0.434. The van der Waals surface area contributed by atoms with Crippen molar-refractivity contribution >= 4 is 0 Å². The van der Waals surface area contributed by atoms with Gasteiger partial charge in [-0.05, 0) is 31.6 Å². The Labute approximate surface area is 58.0 Å². The Balaban J connectivity index is 2.57. The monoisotopic (exact) mass is 124 g/mol. The van der Waals surface area contributed by atoms with Crippen molar-refractivity contribution in [3.8, 4) is 0 Å². The first kappa shape index (κ1) is 6.85. The summed E-state index contributed by atoms with van der Waals surface area (Å²) < 4.78 is 0. The molecule has 0 aromatic heterocycles. The van der Waals surface area contributed by atoms with Crippen molar-refractivity contribution in [3.63, 3.8) is 0 Å². The molecular formula is C9H16. The van der Waals surface area contributed by atoms with Gasteiger partial charge in [0.05, 0.1) is 0 Å². The van der Waals surface area contributed by atoms with Crippen LogP contribution in [0.5, 0.6) is 0 Å². The summed E-state index contributed by atoms with van der Waals surface area (Å²) in [6, 6.07) is 0. The van der Waals surface area contributed by atoms with Gasteiger partial charge in [0, 0.05) is 0 Å². The Hall–Kier alpha value is -0.260. The Morgan fingerprint density at radius 3 is 2.56 bits per heavy atom. The van der Waals surface area contributed by atoms with Crippen LogP contribution < -0.4 is 0 Å². The van der Waals surface area contributed by atoms with Crippen LogP contribution in [-0.4, -0.2) is 0 Å². The fourth-order valence-corrected chi connectivity index (χ4v) is 1.86. The molecule has 0 aromatic rings. The predicted molar refractivity (Wildman–Crippen MR) is 41.3 cm³/mol. The highest BCUT2D eigenvalue weighted by Crippen LogP contribution is 2.32. The first-order valence-corrected chi connectivity index (χ1v) is 3.92. The van der Waals surface area contributed by atoms with Crippen molar-refractivity contribution in [3.05, 3.63) is 11.6 Å². The molecule has 0 saturated heterocycles. The molecule has 1 aliphatic carbocycles. The van der Waals surface area contributed by atoms with Gasteiger partial charge in [0.25, 0.3) is 0 Å². The van der Waals surface area contributed by atoms with E-state index in [9.17, 15) is 0 Å². The van der Waals surface area contributed by atoms with E-state index in [1.165, 1.54) is 12.8 Å². The molecular weight excluding hydrogens is 108 g/mol. The normalized spacial score (nSPS) is 34.8. The number of allylic oxidation sites excluding steroid dienone is 2. The number of hydrogen-bond acceptors (Lipinski definition) is 0. The molecule has 0 unspecified atom stereocenters. The van der Waals surface area contributed by atoms with E-state index in [1.54, 1.807) is 5.57 Å². The summed E-state index contributed by atoms with van der Waals surface area (Å²) in [7, 11) is 0. The van der Waals surface area contributed by atoms with E-state index in [0.29, 0.717) is 0 Å². The van der Waals surface area contributed by atoms with E-state index in [0.717, 1.165) is 11.8 Å². The predicted octanol–water partition coefficient (Wildman–Crippen LogP) is 3.00. The van der Waals surface area contributed by atoms with Gasteiger partial charge < -0.3 is 0 Å². The van der Waals surface area contributed by atoms with Crippen LogP contribution in [0.1, 0.15) is 33.6 Å². The summed E-state index contributed by atoms with van der Waals surface area (Å²) in [6.45, 7) is 6.89. The van der Waals surface area contributed by atoms with Crippen LogP contribution in [0.2, 0.25) is 0 Å². The van der Waals surface area contributed by atoms with Gasteiger partial charge in [-0.25, -0.2) is 0 Å². The lowest BCUT2D eigenvalue weighted by Gasteiger charge is -2.14. The van der Waals surface area contributed by atoms with Crippen molar-refractivity contribution < 1.29 is 0 Å². The van der Waals surface area contributed by atoms with Crippen LogP contribution in [0, 0.1) is 11.8 Å². The summed E-state index contributed by atoms with van der Waals surface area (Å²) in [5.41, 5.74) is 1.62. The zero-order valence-corrected chi connectivity index (χ0v) is 6.65. The smallest absolute Gasteiger partial charge is 0.0180 e. The van der Waals surface area contributed by atoms with Gasteiger partial charge in [-0.15, -0.1) is 0 Å². The molecule has 0 heterocycles. The second-order valence-electron chi connectivity index (χ2n) is 3.18. The molecule has 0 spiro atoms. The molecule has 52 valence electrons. The second-order valence-corrected chi connectivity index (χ2v) is 3.18. The number of hydrogen-bond donors (Lipinski definition) is 0. The highest BCUT2D eigenvalue weighted by atomic mass is 14.3. The summed E-state index contributed by atoms with van der Waals surface area (Å²) in [5, 5.41) is 0. The van der Waals surface area contributed by atoms with Crippen LogP contribution in [0.4, 0.5) is 0 Å². The maximum atomic E-state index is 2.39. The highest BCUT2D eigenvalue weighted by molar-refractivity contribution is 5.11. The van der Waals surface area contributed by atoms with Gasteiger partial charge in [-0.3, -0.25) is 0 Å². The summed E-state index contributed by atoms with van der Waals surface area (Å²) in [5.74, 6) is 1.81. The summed E-state index contributed by atoms with van der Waals surface area (Å²) >= 11 is 0. The van der Waals surface area contributed by atoms with E-state index in [4.69, 9.17) is 0 Å². The van der Waals surface area contributed by atoms with Gasteiger partial charge in [0.2, 0.25) is 0 Å². The van der Waals surface area contributed by atoms with Gasteiger partial charge >= 0.3 is 0 Å². The van der Waals surface area contributed by atoms with E-state index in [2.05, 4.69) is 26.8 Å². The topological polar surface area (TPSA) is 0 Å². The number of rotatable bonds is 1. The average Bonchev–Trinajstić information content (AvgIpc) is 2.12. The SMILES string of the molecule is CC[C@H]1C(C)=CC[C@@H]1C. The van der Waals surface area contributed by atoms with Crippen LogP contribution in [0.15, 0.2) is 11.6 Å². The lowest BCUT2D eigenvalue weighted by Crippen LogP contribution is -2.04. The van der Waals surface area contributed by atoms with E-state index >= 15 is 0 Å². The van der Waals surface area contributed by atoms with Crippen LogP contribution in [-0.2, 0) is 0 Å². The third-order valence-electron chi connectivity index (χ3n) is 2.52. The Kier molecular flexibility index (Phi) is 1.94. The fraction of sp³-hybridized carbons (Fsp3) is 0.778. The van der Waals surface area contributed by atoms with Crippen LogP contribution >= 0.6 is 0 Å². The zero-order chi connectivity index (χ0) is 6.85. The summed E-state index contributed by atoms with van der Waals surface area (Å²) in [6.07, 6.45) is 5.02. The molecule has 0 saturated carbocycles. The highest BCUT2D eigenvalue weighted by Gasteiger charge is 2.20. The zero-order valence-electron chi connectivity index (χ0n) is 6.65. The molecule has 1 aliphatic rings. The van der Waals surface area contributed by atoms with E-state index in [-0.39, 0.29) is 0 Å². The molecule has 2 atom stereocenters. The van der Waals surface area contributed by atoms with Gasteiger partial charge in [0.1, 0.15) is 0 Å². The molecule has 0 aromatic carbocycles. The maximum Gasteiger partial charge on any atom is -0.0180 e. The standard InChI is InChI=1S/C9H16/c1-4-9-7(2)5-6-8(9)3/h5,8-9H,4,6H2,1-3H3/t8-,9-/m0/s1. The lowest BCUT2D eigenvalue weighted by atomic mass is 9.91. The minimum Gasteiger partial charge on any atom is -0.0850 e. The molecule has 0 amide bonds. The largest absolute Gasteiger partial charge is 0.0850 e. The summed E-state index contributed by atoms with van der Waals surface area (Å²) in [4.78, 5) is 0. The van der Waals surface area contributed by atoms with Crippen molar-refractivity contribution in [2.24, 2.45) is 11.8 Å². The van der Waals surface area contributed by atoms with Gasteiger partial charge in [-0.2, -0.15) is 0 Å². The van der Waals surface area contributed by atoms with Crippen LogP contribution in [0.25, 0.3) is 0 Å². The molecule has 0 radical (unpaired) electrons. The van der Waals surface area contributed by atoms with Gasteiger partial charge in [-0.1, -0.05) is 25.5 Å². The first-order valence-electron chi connectivity index (χ1n) is 3.92. The van der Waals surface area contributed by atoms with Crippen molar-refractivity contribution in [2.45, 2.75) is 33.6 Å². The molecule has 0 aliphatic heterocycles. The molecule has 9 heavy (non-hydrogen) atoms. The van der Waals surface area contributed by atoms with E-state index in [1.807, 2.05) is 0 Å². The molecule has 1 rings (SSSR count). The minimum atomic E-state index is 0.894. The molecule has 0 heteroatoms. The van der Waals surface area contributed by atoms with Crippen molar-refractivity contribution in [1.29, 1.82) is 0 Å². The quantitative estimate of drug-likeness (QED) is 0.471. The molecule has 0 bridgehead atoms. The van der Waals surface area contributed by atoms with Crippen LogP contribution in [0.3, 0.4) is 0 Å². The Bertz CT molecular complexity index is 122. The van der Waals surface area contributed by atoms with Crippen molar-refractivity contribution in [2.75, 3.05) is 0 Å². The second kappa shape index (κ2) is 2.55.